The fraction of sp³-hybridized carbons (Fsp3) is 0.250. The van der Waals surface area contributed by atoms with Gasteiger partial charge in [-0.3, -0.25) is 0 Å². The third kappa shape index (κ3) is 3.04. The van der Waals surface area contributed by atoms with E-state index in [1.807, 2.05) is 0 Å². The van der Waals surface area contributed by atoms with E-state index in [4.69, 9.17) is 11.6 Å². The first-order valence-electron chi connectivity index (χ1n) is 1.78. The van der Waals surface area contributed by atoms with Gasteiger partial charge in [0.15, 0.2) is 4.29 Å². The summed E-state index contributed by atoms with van der Waals surface area (Å²) in [5, 5.41) is 0. The van der Waals surface area contributed by atoms with Crippen molar-refractivity contribution in [2.75, 3.05) is 0 Å². The van der Waals surface area contributed by atoms with Crippen molar-refractivity contribution in [3.63, 3.8) is 0 Å². The predicted molar refractivity (Wildman–Crippen MR) is 34.9 cm³/mol. The maximum Gasteiger partial charge on any atom is 0.339 e. The Balaban J connectivity index is 3.48. The fourth-order valence-corrected chi connectivity index (χ4v) is 0.293. The number of carbonyl (C=O) groups is 1. The van der Waals surface area contributed by atoms with Gasteiger partial charge in [-0.25, -0.2) is 4.79 Å². The number of carbonyl (C=O) groups excluding carboxylic acids is 1. The zero-order valence-corrected chi connectivity index (χ0v) is 6.28. The van der Waals surface area contributed by atoms with Gasteiger partial charge in [0.2, 0.25) is 0 Å². The zero-order valence-electron chi connectivity index (χ0n) is 3.93. The SMILES string of the molecule is C=COC(=O)C(Cl)Br. The molecule has 0 heterocycles. The lowest BCUT2D eigenvalue weighted by atomic mass is 10.8. The Morgan fingerprint density at radius 3 is 2.62 bits per heavy atom. The van der Waals surface area contributed by atoms with Crippen molar-refractivity contribution in [1.82, 2.24) is 0 Å². The van der Waals surface area contributed by atoms with E-state index < -0.39 is 10.3 Å². The molecule has 0 rings (SSSR count). The van der Waals surface area contributed by atoms with Crippen LogP contribution in [0.15, 0.2) is 12.8 Å². The molecule has 0 radical (unpaired) electrons. The molecule has 0 fully saturated rings. The number of halogens is 2. The minimum atomic E-state index is -0.777. The van der Waals surface area contributed by atoms with Gasteiger partial charge < -0.3 is 4.74 Å². The largest absolute Gasteiger partial charge is 0.433 e. The number of hydrogen-bond donors (Lipinski definition) is 0. The molecule has 0 aromatic heterocycles. The van der Waals surface area contributed by atoms with Gasteiger partial charge in [-0.1, -0.05) is 34.1 Å². The second kappa shape index (κ2) is 3.92. The van der Waals surface area contributed by atoms with Crippen molar-refractivity contribution < 1.29 is 9.53 Å². The van der Waals surface area contributed by atoms with E-state index in [1.54, 1.807) is 0 Å². The van der Waals surface area contributed by atoms with Crippen molar-refractivity contribution in [3.05, 3.63) is 12.8 Å². The monoisotopic (exact) mass is 198 g/mol. The molecule has 2 nitrogen and oxygen atoms in total. The molecule has 4 heteroatoms. The number of alkyl halides is 2. The molecule has 46 valence electrons. The van der Waals surface area contributed by atoms with Gasteiger partial charge in [-0.05, 0) is 0 Å². The number of rotatable bonds is 2. The van der Waals surface area contributed by atoms with Crippen molar-refractivity contribution in [2.24, 2.45) is 0 Å². The number of esters is 1. The molecule has 0 aliphatic rings. The molecule has 0 aliphatic heterocycles. The Labute approximate surface area is 60.6 Å². The van der Waals surface area contributed by atoms with Gasteiger partial charge in [0.25, 0.3) is 0 Å². The van der Waals surface area contributed by atoms with Crippen molar-refractivity contribution >= 4 is 33.5 Å². The topological polar surface area (TPSA) is 26.3 Å². The molecule has 0 aromatic rings. The standard InChI is InChI=1S/C4H4BrClO2/c1-2-8-4(7)3(5)6/h2-3H,1H2. The molecule has 0 aliphatic carbocycles. The van der Waals surface area contributed by atoms with Crippen molar-refractivity contribution in [3.8, 4) is 0 Å². The lowest BCUT2D eigenvalue weighted by Crippen LogP contribution is -2.07. The summed E-state index contributed by atoms with van der Waals surface area (Å²) in [7, 11) is 0. The normalized spacial score (nSPS) is 12.2. The number of hydrogen-bond acceptors (Lipinski definition) is 2. The second-order valence-corrected chi connectivity index (χ2v) is 2.78. The summed E-state index contributed by atoms with van der Waals surface area (Å²) in [6.45, 7) is 3.16. The van der Waals surface area contributed by atoms with Crippen LogP contribution in [0.1, 0.15) is 0 Å². The van der Waals surface area contributed by atoms with Crippen LogP contribution in [-0.2, 0) is 9.53 Å². The maximum atomic E-state index is 10.3. The molecule has 0 bridgehead atoms. The van der Waals surface area contributed by atoms with Crippen LogP contribution < -0.4 is 0 Å². The maximum absolute atomic E-state index is 10.3. The first-order chi connectivity index (χ1) is 3.68. The predicted octanol–water partition coefficient (Wildman–Crippen LogP) is 1.63. The van der Waals surface area contributed by atoms with E-state index in [0.717, 1.165) is 6.26 Å². The van der Waals surface area contributed by atoms with Gasteiger partial charge in [0.1, 0.15) is 0 Å². The molecule has 1 atom stereocenters. The van der Waals surface area contributed by atoms with Crippen molar-refractivity contribution in [2.45, 2.75) is 4.29 Å². The highest BCUT2D eigenvalue weighted by Gasteiger charge is 2.09. The third-order valence-corrected chi connectivity index (χ3v) is 0.930. The minimum Gasteiger partial charge on any atom is -0.433 e. The van der Waals surface area contributed by atoms with Gasteiger partial charge in [0.05, 0.1) is 6.26 Å². The number of ether oxygens (including phenoxy) is 1. The van der Waals surface area contributed by atoms with Crippen LogP contribution >= 0.6 is 27.5 Å². The fourth-order valence-electron chi connectivity index (χ4n) is 0.134. The van der Waals surface area contributed by atoms with Gasteiger partial charge >= 0.3 is 5.97 Å². The van der Waals surface area contributed by atoms with E-state index >= 15 is 0 Å². The van der Waals surface area contributed by atoms with Gasteiger partial charge in [-0.15, -0.1) is 0 Å². The summed E-state index contributed by atoms with van der Waals surface area (Å²) in [5.74, 6) is -0.554. The zero-order chi connectivity index (χ0) is 6.57. The van der Waals surface area contributed by atoms with Crippen LogP contribution in [0, 0.1) is 0 Å². The summed E-state index contributed by atoms with van der Waals surface area (Å²) in [5.41, 5.74) is 0. The first kappa shape index (κ1) is 7.98. The Bertz CT molecular complexity index is 102. The average Bonchev–Trinajstić information content (AvgIpc) is 1.67. The molecule has 0 saturated heterocycles. The van der Waals surface area contributed by atoms with Crippen LogP contribution in [0.2, 0.25) is 0 Å². The average molecular weight is 199 g/mol. The highest BCUT2D eigenvalue weighted by molar-refractivity contribution is 9.10. The molecular formula is C4H4BrClO2. The van der Waals surface area contributed by atoms with E-state index in [0.29, 0.717) is 0 Å². The molecule has 0 N–H and O–H groups in total. The minimum absolute atomic E-state index is 0.554. The second-order valence-electron chi connectivity index (χ2n) is 0.904. The van der Waals surface area contributed by atoms with E-state index in [1.165, 1.54) is 0 Å². The summed E-state index contributed by atoms with van der Waals surface area (Å²) < 4.78 is 3.47. The van der Waals surface area contributed by atoms with E-state index in [9.17, 15) is 4.79 Å². The molecule has 0 saturated carbocycles. The highest BCUT2D eigenvalue weighted by Crippen LogP contribution is 2.06. The molecule has 0 spiro atoms. The molecule has 0 amide bonds. The summed E-state index contributed by atoms with van der Waals surface area (Å²) in [4.78, 5) is 10.3. The Hall–Kier alpha value is -0.0200. The Kier molecular flexibility index (Phi) is 3.91. The smallest absolute Gasteiger partial charge is 0.339 e. The lowest BCUT2D eigenvalue weighted by molar-refractivity contribution is -0.135. The van der Waals surface area contributed by atoms with Crippen LogP contribution in [0.3, 0.4) is 0 Å². The molecule has 1 unspecified atom stereocenters. The van der Waals surface area contributed by atoms with Crippen LogP contribution in [-0.4, -0.2) is 10.3 Å². The quantitative estimate of drug-likeness (QED) is 0.384. The van der Waals surface area contributed by atoms with Crippen LogP contribution in [0.5, 0.6) is 0 Å². The molecule has 0 aromatic carbocycles. The van der Waals surface area contributed by atoms with Gasteiger partial charge in [0, 0.05) is 0 Å². The molecule has 8 heavy (non-hydrogen) atoms. The molecular weight excluding hydrogens is 195 g/mol. The first-order valence-corrected chi connectivity index (χ1v) is 3.13. The highest BCUT2D eigenvalue weighted by atomic mass is 79.9. The summed E-state index contributed by atoms with van der Waals surface area (Å²) in [6.07, 6.45) is 1.03. The third-order valence-electron chi connectivity index (χ3n) is 0.378. The lowest BCUT2D eigenvalue weighted by Gasteiger charge is -1.95. The Morgan fingerprint density at radius 1 is 2.00 bits per heavy atom. The van der Waals surface area contributed by atoms with Gasteiger partial charge in [-0.2, -0.15) is 0 Å². The van der Waals surface area contributed by atoms with Crippen molar-refractivity contribution in [1.29, 1.82) is 0 Å². The van der Waals surface area contributed by atoms with Crippen LogP contribution in [0.25, 0.3) is 0 Å². The van der Waals surface area contributed by atoms with Crippen LogP contribution in [0.4, 0.5) is 0 Å². The Morgan fingerprint density at radius 2 is 2.50 bits per heavy atom. The van der Waals surface area contributed by atoms with E-state index in [2.05, 4.69) is 27.2 Å². The summed E-state index contributed by atoms with van der Waals surface area (Å²) >= 11 is 7.99. The summed E-state index contributed by atoms with van der Waals surface area (Å²) in [6, 6.07) is 0. The van der Waals surface area contributed by atoms with E-state index in [-0.39, 0.29) is 0 Å².